The Balaban J connectivity index is 1.90. The van der Waals surface area contributed by atoms with Crippen molar-refractivity contribution < 1.29 is 5.11 Å². The van der Waals surface area contributed by atoms with Crippen molar-refractivity contribution in [3.05, 3.63) is 15.9 Å². The summed E-state index contributed by atoms with van der Waals surface area (Å²) < 4.78 is 0. The maximum Gasteiger partial charge on any atom is 0.259 e. The van der Waals surface area contributed by atoms with Crippen LogP contribution in [-0.4, -0.2) is 41.3 Å². The molecule has 0 unspecified atom stereocenters. The molecule has 0 radical (unpaired) electrons. The van der Waals surface area contributed by atoms with Crippen molar-refractivity contribution in [1.82, 2.24) is 15.3 Å². The van der Waals surface area contributed by atoms with Gasteiger partial charge in [0.15, 0.2) is 0 Å². The topological polar surface area (TPSA) is 81.2 Å². The minimum Gasteiger partial charge on any atom is -0.493 e. The SMILES string of the molecule is O=c1[nH]c(N2CCNCC2)nc(O)c1C1CCCC1. The fraction of sp³-hybridized carbons (Fsp3) is 0.692. The molecule has 3 N–H and O–H groups in total. The zero-order chi connectivity index (χ0) is 13.2. The number of nitrogens with zero attached hydrogens (tertiary/aromatic N) is 2. The average molecular weight is 264 g/mol. The van der Waals surface area contributed by atoms with Crippen LogP contribution in [0.4, 0.5) is 5.95 Å². The monoisotopic (exact) mass is 264 g/mol. The normalized spacial score (nSPS) is 20.9. The highest BCUT2D eigenvalue weighted by atomic mass is 16.3. The van der Waals surface area contributed by atoms with Crippen molar-refractivity contribution in [2.45, 2.75) is 31.6 Å². The van der Waals surface area contributed by atoms with Gasteiger partial charge in [0.2, 0.25) is 11.8 Å². The number of hydrogen-bond acceptors (Lipinski definition) is 5. The smallest absolute Gasteiger partial charge is 0.259 e. The summed E-state index contributed by atoms with van der Waals surface area (Å²) in [5.41, 5.74) is 0.310. The summed E-state index contributed by atoms with van der Waals surface area (Å²) in [6.45, 7) is 3.33. The molecule has 2 fully saturated rings. The summed E-state index contributed by atoms with van der Waals surface area (Å²) in [6.07, 6.45) is 4.21. The van der Waals surface area contributed by atoms with E-state index in [4.69, 9.17) is 0 Å². The second-order valence-electron chi connectivity index (χ2n) is 5.35. The van der Waals surface area contributed by atoms with Gasteiger partial charge in [0, 0.05) is 26.2 Å². The fourth-order valence-corrected chi connectivity index (χ4v) is 3.07. The van der Waals surface area contributed by atoms with E-state index in [2.05, 4.69) is 15.3 Å². The molecule has 0 bridgehead atoms. The van der Waals surface area contributed by atoms with Crippen LogP contribution in [0.5, 0.6) is 5.88 Å². The van der Waals surface area contributed by atoms with E-state index in [9.17, 15) is 9.90 Å². The summed E-state index contributed by atoms with van der Waals surface area (Å²) in [5, 5.41) is 13.3. The minimum absolute atomic E-state index is 0.0795. The lowest BCUT2D eigenvalue weighted by Crippen LogP contribution is -2.44. The lowest BCUT2D eigenvalue weighted by atomic mass is 10.0. The van der Waals surface area contributed by atoms with Crippen LogP contribution in [-0.2, 0) is 0 Å². The molecule has 3 rings (SSSR count). The van der Waals surface area contributed by atoms with E-state index < -0.39 is 0 Å². The van der Waals surface area contributed by atoms with E-state index in [0.29, 0.717) is 11.5 Å². The number of anilines is 1. The fourth-order valence-electron chi connectivity index (χ4n) is 3.07. The molecule has 1 aliphatic carbocycles. The summed E-state index contributed by atoms with van der Waals surface area (Å²) >= 11 is 0. The first-order chi connectivity index (χ1) is 9.25. The zero-order valence-corrected chi connectivity index (χ0v) is 11.0. The molecule has 1 saturated carbocycles. The molecule has 1 saturated heterocycles. The Morgan fingerprint density at radius 1 is 1.21 bits per heavy atom. The molecule has 104 valence electrons. The Morgan fingerprint density at radius 3 is 2.53 bits per heavy atom. The third kappa shape index (κ3) is 2.45. The van der Waals surface area contributed by atoms with E-state index in [1.54, 1.807) is 0 Å². The largest absolute Gasteiger partial charge is 0.493 e. The molecule has 6 heteroatoms. The van der Waals surface area contributed by atoms with Crippen LogP contribution in [0.1, 0.15) is 37.2 Å². The molecule has 0 amide bonds. The highest BCUT2D eigenvalue weighted by molar-refractivity contribution is 5.37. The number of aromatic nitrogens is 2. The Morgan fingerprint density at radius 2 is 1.89 bits per heavy atom. The average Bonchev–Trinajstić information content (AvgIpc) is 2.93. The third-order valence-corrected chi connectivity index (χ3v) is 4.10. The standard InChI is InChI=1S/C13H20N4O2/c18-11-10(9-3-1-2-4-9)12(19)16-13(15-11)17-7-5-14-6-8-17/h9,14H,1-8H2,(H2,15,16,18,19). The van der Waals surface area contributed by atoms with Crippen LogP contribution in [0.3, 0.4) is 0 Å². The van der Waals surface area contributed by atoms with Gasteiger partial charge in [-0.05, 0) is 18.8 Å². The van der Waals surface area contributed by atoms with Gasteiger partial charge < -0.3 is 15.3 Å². The van der Waals surface area contributed by atoms with Crippen molar-refractivity contribution in [2.75, 3.05) is 31.1 Å². The maximum absolute atomic E-state index is 12.2. The first kappa shape index (κ1) is 12.5. The van der Waals surface area contributed by atoms with E-state index in [1.165, 1.54) is 0 Å². The number of piperazine rings is 1. The van der Waals surface area contributed by atoms with Gasteiger partial charge in [-0.15, -0.1) is 0 Å². The quantitative estimate of drug-likeness (QED) is 0.726. The molecular weight excluding hydrogens is 244 g/mol. The van der Waals surface area contributed by atoms with E-state index in [1.807, 2.05) is 4.90 Å². The molecular formula is C13H20N4O2. The number of aromatic amines is 1. The maximum atomic E-state index is 12.2. The lowest BCUT2D eigenvalue weighted by Gasteiger charge is -2.28. The Bertz CT molecular complexity index is 502. The van der Waals surface area contributed by atoms with Gasteiger partial charge in [0.25, 0.3) is 5.56 Å². The highest BCUT2D eigenvalue weighted by Gasteiger charge is 2.25. The second-order valence-corrected chi connectivity index (χ2v) is 5.35. The van der Waals surface area contributed by atoms with E-state index in [0.717, 1.165) is 51.9 Å². The predicted molar refractivity (Wildman–Crippen MR) is 72.8 cm³/mol. The van der Waals surface area contributed by atoms with Crippen molar-refractivity contribution >= 4 is 5.95 Å². The van der Waals surface area contributed by atoms with Gasteiger partial charge in [-0.1, -0.05) is 12.8 Å². The minimum atomic E-state index is -0.173. The van der Waals surface area contributed by atoms with Crippen LogP contribution >= 0.6 is 0 Å². The molecule has 2 aliphatic rings. The van der Waals surface area contributed by atoms with Gasteiger partial charge >= 0.3 is 0 Å². The molecule has 19 heavy (non-hydrogen) atoms. The van der Waals surface area contributed by atoms with Crippen molar-refractivity contribution in [2.24, 2.45) is 0 Å². The number of rotatable bonds is 2. The Hall–Kier alpha value is -1.56. The van der Waals surface area contributed by atoms with Crippen LogP contribution in [0.25, 0.3) is 0 Å². The predicted octanol–water partition coefficient (Wildman–Crippen LogP) is 0.543. The number of aromatic hydroxyl groups is 1. The van der Waals surface area contributed by atoms with Crippen LogP contribution in [0.2, 0.25) is 0 Å². The molecule has 0 atom stereocenters. The van der Waals surface area contributed by atoms with Gasteiger partial charge in [-0.3, -0.25) is 9.78 Å². The van der Waals surface area contributed by atoms with Gasteiger partial charge in [0.05, 0.1) is 5.56 Å². The number of H-pyrrole nitrogens is 1. The van der Waals surface area contributed by atoms with Gasteiger partial charge in [-0.2, -0.15) is 4.98 Å². The van der Waals surface area contributed by atoms with Crippen LogP contribution < -0.4 is 15.8 Å². The van der Waals surface area contributed by atoms with Crippen LogP contribution in [0, 0.1) is 0 Å². The Kier molecular flexibility index (Phi) is 3.42. The molecule has 0 aromatic carbocycles. The molecule has 2 heterocycles. The van der Waals surface area contributed by atoms with Crippen molar-refractivity contribution in [3.8, 4) is 5.88 Å². The van der Waals surface area contributed by atoms with Crippen LogP contribution in [0.15, 0.2) is 4.79 Å². The highest BCUT2D eigenvalue weighted by Crippen LogP contribution is 2.35. The first-order valence-electron chi connectivity index (χ1n) is 7.04. The number of nitrogens with one attached hydrogen (secondary N) is 2. The molecule has 1 aromatic rings. The Labute approximate surface area is 111 Å². The zero-order valence-electron chi connectivity index (χ0n) is 11.0. The van der Waals surface area contributed by atoms with Crippen molar-refractivity contribution in [1.29, 1.82) is 0 Å². The van der Waals surface area contributed by atoms with E-state index in [-0.39, 0.29) is 17.4 Å². The summed E-state index contributed by atoms with van der Waals surface area (Å²) in [7, 11) is 0. The number of hydrogen-bond donors (Lipinski definition) is 3. The van der Waals surface area contributed by atoms with Gasteiger partial charge in [0.1, 0.15) is 0 Å². The molecule has 1 aliphatic heterocycles. The lowest BCUT2D eigenvalue weighted by molar-refractivity contribution is 0.434. The second kappa shape index (κ2) is 5.21. The summed E-state index contributed by atoms with van der Waals surface area (Å²) in [5.74, 6) is 0.586. The van der Waals surface area contributed by atoms with Gasteiger partial charge in [-0.25, -0.2) is 0 Å². The molecule has 0 spiro atoms. The summed E-state index contributed by atoms with van der Waals surface area (Å²) in [4.78, 5) is 21.2. The molecule has 6 nitrogen and oxygen atoms in total. The van der Waals surface area contributed by atoms with E-state index >= 15 is 0 Å². The summed E-state index contributed by atoms with van der Waals surface area (Å²) in [6, 6.07) is 0. The molecule has 1 aromatic heterocycles. The first-order valence-corrected chi connectivity index (χ1v) is 7.04. The van der Waals surface area contributed by atoms with Crippen molar-refractivity contribution in [3.63, 3.8) is 0 Å². The third-order valence-electron chi connectivity index (χ3n) is 4.10.